The van der Waals surface area contributed by atoms with E-state index in [9.17, 15) is 29.4 Å². The Hall–Kier alpha value is -2.20. The number of carboxylic acid groups (broad SMARTS) is 4. The maximum Gasteiger partial charge on any atom is 0.321 e. The summed E-state index contributed by atoms with van der Waals surface area (Å²) in [5.41, 5.74) is 4.91. The summed E-state index contributed by atoms with van der Waals surface area (Å²) in [6.07, 6.45) is -0.897. The number of carboxylic acids is 4. The van der Waals surface area contributed by atoms with Crippen LogP contribution in [-0.4, -0.2) is 53.2 Å². The highest BCUT2D eigenvalue weighted by Gasteiger charge is 2.17. The van der Waals surface area contributed by atoms with Crippen molar-refractivity contribution < 1.29 is 39.6 Å². The maximum atomic E-state index is 10.1. The monoisotopic (exact) mass is 292 g/mol. The van der Waals surface area contributed by atoms with Gasteiger partial charge in [-0.25, -0.2) is 0 Å². The van der Waals surface area contributed by atoms with Gasteiger partial charge in [0.25, 0.3) is 0 Å². The van der Waals surface area contributed by atoms with Gasteiger partial charge in [-0.1, -0.05) is 0 Å². The van der Waals surface area contributed by atoms with E-state index in [-0.39, 0.29) is 12.8 Å². The first-order chi connectivity index (χ1) is 9.11. The van der Waals surface area contributed by atoms with Crippen molar-refractivity contribution >= 4 is 23.9 Å². The summed E-state index contributed by atoms with van der Waals surface area (Å²) in [7, 11) is 1.40. The first kappa shape index (κ1) is 20.1. The van der Waals surface area contributed by atoms with E-state index in [0.29, 0.717) is 0 Å². The summed E-state index contributed by atoms with van der Waals surface area (Å²) in [4.78, 5) is 39.7. The molecule has 0 spiro atoms. The lowest BCUT2D eigenvalue weighted by atomic mass is 10.2. The summed E-state index contributed by atoms with van der Waals surface area (Å²) in [5.74, 6) is -5.02. The van der Waals surface area contributed by atoms with Crippen molar-refractivity contribution in [3.63, 3.8) is 0 Å². The van der Waals surface area contributed by atoms with Crippen LogP contribution in [0.5, 0.6) is 0 Å². The smallest absolute Gasteiger partial charge is 0.321 e. The van der Waals surface area contributed by atoms with Crippen LogP contribution in [0.3, 0.4) is 0 Å². The molecule has 0 fully saturated rings. The van der Waals surface area contributed by atoms with Crippen LogP contribution >= 0.6 is 0 Å². The first-order valence-electron chi connectivity index (χ1n) is 5.39. The molecule has 0 unspecified atom stereocenters. The van der Waals surface area contributed by atoms with E-state index in [4.69, 9.17) is 15.9 Å². The third-order valence-corrected chi connectivity index (χ3v) is 1.99. The van der Waals surface area contributed by atoms with E-state index in [1.54, 1.807) is 0 Å². The number of hydrogen-bond acceptors (Lipinski definition) is 8. The molecule has 0 saturated carbocycles. The van der Waals surface area contributed by atoms with Crippen LogP contribution in [0.15, 0.2) is 0 Å². The molecule has 0 aliphatic heterocycles. The Morgan fingerprint density at radius 3 is 1.90 bits per heavy atom. The number of nitrogens with two attached hydrogens (primary N) is 1. The van der Waals surface area contributed by atoms with Crippen molar-refractivity contribution in [3.8, 4) is 0 Å². The highest BCUT2D eigenvalue weighted by Crippen LogP contribution is 1.91. The second-order valence-electron chi connectivity index (χ2n) is 3.61. The van der Waals surface area contributed by atoms with Crippen molar-refractivity contribution in [3.05, 3.63) is 0 Å². The minimum atomic E-state index is -1.44. The van der Waals surface area contributed by atoms with Crippen LogP contribution in [0.1, 0.15) is 19.3 Å². The van der Waals surface area contributed by atoms with Crippen molar-refractivity contribution in [1.82, 2.24) is 5.32 Å². The first-order valence-corrected chi connectivity index (χ1v) is 5.39. The molecule has 20 heavy (non-hydrogen) atoms. The van der Waals surface area contributed by atoms with Gasteiger partial charge in [-0.05, 0) is 19.9 Å². The van der Waals surface area contributed by atoms with Crippen LogP contribution in [0, 0.1) is 0 Å². The Morgan fingerprint density at radius 1 is 1.20 bits per heavy atom. The zero-order chi connectivity index (χ0) is 16.3. The second-order valence-corrected chi connectivity index (χ2v) is 3.61. The third-order valence-electron chi connectivity index (χ3n) is 1.99. The van der Waals surface area contributed by atoms with E-state index in [2.05, 4.69) is 5.32 Å². The van der Waals surface area contributed by atoms with Gasteiger partial charge in [0.1, 0.15) is 6.04 Å². The number of likely N-dealkylation sites (N-methyl/N-ethyl adjacent to an activating group) is 1. The summed E-state index contributed by atoms with van der Waals surface area (Å²) >= 11 is 0. The van der Waals surface area contributed by atoms with E-state index in [1.165, 1.54) is 7.05 Å². The molecule has 0 aromatic rings. The molecule has 116 valence electrons. The number of carbonyl (C=O) groups excluding carboxylic acids is 2. The predicted octanol–water partition coefficient (Wildman–Crippen LogP) is -4.27. The van der Waals surface area contributed by atoms with Gasteiger partial charge in [-0.15, -0.1) is 0 Å². The van der Waals surface area contributed by atoms with Crippen molar-refractivity contribution in [2.75, 3.05) is 7.05 Å². The Labute approximate surface area is 114 Å². The summed E-state index contributed by atoms with van der Waals surface area (Å²) in [5, 5.41) is 38.4. The number of aliphatic carboxylic acids is 4. The number of nitrogens with one attached hydrogen (secondary N) is 1. The average molecular weight is 292 g/mol. The quantitative estimate of drug-likeness (QED) is 0.340. The van der Waals surface area contributed by atoms with Gasteiger partial charge in [0.05, 0.1) is 12.4 Å². The van der Waals surface area contributed by atoms with Gasteiger partial charge in [-0.3, -0.25) is 9.59 Å². The average Bonchev–Trinajstić information content (AvgIpc) is 2.32. The van der Waals surface area contributed by atoms with Gasteiger partial charge in [0.2, 0.25) is 0 Å². The number of hydrogen-bond donors (Lipinski definition) is 4. The highest BCUT2D eigenvalue weighted by molar-refractivity contribution is 5.80. The van der Waals surface area contributed by atoms with E-state index in [0.717, 1.165) is 0 Å². The van der Waals surface area contributed by atoms with Gasteiger partial charge in [0.15, 0.2) is 0 Å². The van der Waals surface area contributed by atoms with E-state index >= 15 is 0 Å². The molecule has 2 atom stereocenters. The summed E-state index contributed by atoms with van der Waals surface area (Å²) in [6.45, 7) is 0. The van der Waals surface area contributed by atoms with Gasteiger partial charge >= 0.3 is 11.9 Å². The van der Waals surface area contributed by atoms with Gasteiger partial charge < -0.3 is 41.1 Å². The molecular formula is C10H16N2O8-2. The van der Waals surface area contributed by atoms with E-state index in [1.807, 2.05) is 0 Å². The van der Waals surface area contributed by atoms with E-state index < -0.39 is 42.4 Å². The lowest BCUT2D eigenvalue weighted by molar-refractivity contribution is -0.309. The van der Waals surface area contributed by atoms with Gasteiger partial charge in [-0.2, -0.15) is 0 Å². The SMILES string of the molecule is CN[C@H](CC(=O)O)C(=O)O.N[C@@H](CCC(=O)[O-])C(=O)[O-]. The van der Waals surface area contributed by atoms with Crippen molar-refractivity contribution in [2.24, 2.45) is 5.73 Å². The van der Waals surface area contributed by atoms with Crippen LogP contribution in [0.4, 0.5) is 0 Å². The van der Waals surface area contributed by atoms with Crippen molar-refractivity contribution in [1.29, 1.82) is 0 Å². The molecular weight excluding hydrogens is 276 g/mol. The molecule has 10 nitrogen and oxygen atoms in total. The normalized spacial score (nSPS) is 12.5. The molecule has 0 saturated heterocycles. The van der Waals surface area contributed by atoms with Crippen LogP contribution < -0.4 is 21.3 Å². The standard InChI is InChI=1S/2C5H9NO4/c1-6-3(5(9)10)2-4(7)8;6-3(5(9)10)1-2-4(7)8/h3,6H,2H2,1H3,(H,7,8)(H,9,10);3H,1-2,6H2,(H,7,8)(H,9,10)/p-2/t2*3-/m10/s1. The second kappa shape index (κ2) is 10.7. The topological polar surface area (TPSA) is 193 Å². The molecule has 0 rings (SSSR count). The van der Waals surface area contributed by atoms with Crippen LogP contribution in [0.2, 0.25) is 0 Å². The molecule has 0 radical (unpaired) electrons. The molecule has 0 amide bonds. The summed E-state index contributed by atoms with van der Waals surface area (Å²) in [6, 6.07) is -2.20. The molecule has 5 N–H and O–H groups in total. The molecule has 0 aromatic heterocycles. The Morgan fingerprint density at radius 2 is 1.70 bits per heavy atom. The summed E-state index contributed by atoms with van der Waals surface area (Å²) < 4.78 is 0. The highest BCUT2D eigenvalue weighted by atomic mass is 16.4. The zero-order valence-electron chi connectivity index (χ0n) is 10.7. The number of rotatable bonds is 8. The lowest BCUT2D eigenvalue weighted by Gasteiger charge is -2.11. The third kappa shape index (κ3) is 12.3. The number of carbonyl (C=O) groups is 4. The molecule has 0 aromatic carbocycles. The Bertz CT molecular complexity index is 357. The fourth-order valence-corrected chi connectivity index (χ4v) is 0.879. The largest absolute Gasteiger partial charge is 0.550 e. The fraction of sp³-hybridized carbons (Fsp3) is 0.600. The lowest BCUT2D eigenvalue weighted by Crippen LogP contribution is -2.42. The zero-order valence-corrected chi connectivity index (χ0v) is 10.7. The maximum absolute atomic E-state index is 10.1. The molecule has 10 heteroatoms. The Kier molecular flexibility index (Phi) is 10.8. The van der Waals surface area contributed by atoms with Gasteiger partial charge in [0, 0.05) is 12.0 Å². The molecule has 0 aliphatic carbocycles. The predicted molar refractivity (Wildman–Crippen MR) is 60.0 cm³/mol. The minimum absolute atomic E-state index is 0.148. The van der Waals surface area contributed by atoms with Crippen LogP contribution in [-0.2, 0) is 19.2 Å². The van der Waals surface area contributed by atoms with Crippen LogP contribution in [0.25, 0.3) is 0 Å². The molecule has 0 bridgehead atoms. The molecule has 0 aliphatic rings. The Balaban J connectivity index is 0. The van der Waals surface area contributed by atoms with Crippen molar-refractivity contribution in [2.45, 2.75) is 31.3 Å². The minimum Gasteiger partial charge on any atom is -0.550 e. The molecule has 0 heterocycles. The fourth-order valence-electron chi connectivity index (χ4n) is 0.879.